The van der Waals surface area contributed by atoms with E-state index in [9.17, 15) is 13.2 Å². The summed E-state index contributed by atoms with van der Waals surface area (Å²) in [7, 11) is 0. The third-order valence-corrected chi connectivity index (χ3v) is 3.81. The molecular formula is C16H16ClF3N4O. The maximum Gasteiger partial charge on any atom is 0.416 e. The van der Waals surface area contributed by atoms with Crippen molar-refractivity contribution in [3.8, 4) is 5.75 Å². The van der Waals surface area contributed by atoms with Gasteiger partial charge in [0.1, 0.15) is 12.4 Å². The third kappa shape index (κ3) is 4.76. The van der Waals surface area contributed by atoms with Gasteiger partial charge in [-0.15, -0.1) is 10.1 Å². The van der Waals surface area contributed by atoms with Gasteiger partial charge in [-0.05, 0) is 53.7 Å². The predicted molar refractivity (Wildman–Crippen MR) is 88.4 cm³/mol. The Morgan fingerprint density at radius 3 is 2.32 bits per heavy atom. The number of nitrogens with one attached hydrogen (secondary N) is 2. The van der Waals surface area contributed by atoms with E-state index in [-0.39, 0.29) is 6.61 Å². The average molecular weight is 373 g/mol. The zero-order chi connectivity index (χ0) is 17.9. The van der Waals surface area contributed by atoms with Crippen molar-refractivity contribution in [1.82, 2.24) is 15.5 Å². The van der Waals surface area contributed by atoms with Crippen molar-refractivity contribution >= 4 is 17.5 Å². The van der Waals surface area contributed by atoms with Gasteiger partial charge in [-0.1, -0.05) is 12.1 Å². The van der Waals surface area contributed by atoms with Crippen molar-refractivity contribution in [3.05, 3.63) is 59.7 Å². The van der Waals surface area contributed by atoms with E-state index in [1.54, 1.807) is 17.3 Å². The molecule has 9 heteroatoms. The van der Waals surface area contributed by atoms with Crippen molar-refractivity contribution in [3.63, 3.8) is 0 Å². The van der Waals surface area contributed by atoms with Crippen LogP contribution in [0.25, 0.3) is 0 Å². The quantitative estimate of drug-likeness (QED) is 0.804. The van der Waals surface area contributed by atoms with Gasteiger partial charge in [-0.25, -0.2) is 10.5 Å². The number of halogens is 4. The number of alkyl halides is 3. The molecule has 0 aliphatic carbocycles. The monoisotopic (exact) mass is 372 g/mol. The lowest BCUT2D eigenvalue weighted by Crippen LogP contribution is -2.60. The topological polar surface area (TPSA) is 39.8 Å². The fraction of sp³-hybridized carbons (Fsp3) is 0.250. The van der Waals surface area contributed by atoms with Crippen LogP contribution in [0.1, 0.15) is 11.1 Å². The fourth-order valence-corrected chi connectivity index (χ4v) is 2.41. The van der Waals surface area contributed by atoms with Crippen LogP contribution in [0.5, 0.6) is 5.75 Å². The summed E-state index contributed by atoms with van der Waals surface area (Å²) in [5.41, 5.74) is 6.87. The molecule has 0 atom stereocenters. The van der Waals surface area contributed by atoms with Crippen LogP contribution >= 0.6 is 11.8 Å². The zero-order valence-electron chi connectivity index (χ0n) is 13.1. The first-order chi connectivity index (χ1) is 11.9. The van der Waals surface area contributed by atoms with Gasteiger partial charge < -0.3 is 4.74 Å². The minimum Gasteiger partial charge on any atom is -0.489 e. The fourth-order valence-electron chi connectivity index (χ4n) is 2.25. The first-order valence-electron chi connectivity index (χ1n) is 7.54. The number of hydrazine groups is 3. The highest BCUT2D eigenvalue weighted by atomic mass is 35.5. The van der Waals surface area contributed by atoms with Crippen LogP contribution in [0.2, 0.25) is 0 Å². The maximum absolute atomic E-state index is 12.5. The molecule has 0 bridgehead atoms. The summed E-state index contributed by atoms with van der Waals surface area (Å²) in [6.45, 7) is 1.54. The van der Waals surface area contributed by atoms with Crippen LogP contribution in [0.4, 0.5) is 18.9 Å². The number of nitrogens with zero attached hydrogens (tertiary/aromatic N) is 2. The lowest BCUT2D eigenvalue weighted by atomic mass is 10.1. The predicted octanol–water partition coefficient (Wildman–Crippen LogP) is 3.48. The van der Waals surface area contributed by atoms with Crippen LogP contribution < -0.4 is 20.8 Å². The van der Waals surface area contributed by atoms with E-state index in [2.05, 4.69) is 11.0 Å². The maximum atomic E-state index is 12.5. The second-order valence-electron chi connectivity index (χ2n) is 5.41. The molecule has 2 aromatic carbocycles. The minimum atomic E-state index is -4.33. The summed E-state index contributed by atoms with van der Waals surface area (Å²) in [6.07, 6.45) is -4.33. The first kappa shape index (κ1) is 17.8. The van der Waals surface area contributed by atoms with Gasteiger partial charge in [0, 0.05) is 13.1 Å². The molecule has 1 heterocycles. The Morgan fingerprint density at radius 1 is 1.04 bits per heavy atom. The molecule has 3 rings (SSSR count). The molecule has 2 aromatic rings. The molecule has 0 aromatic heterocycles. The molecule has 1 saturated heterocycles. The molecule has 2 N–H and O–H groups in total. The number of hydrogen-bond acceptors (Lipinski definition) is 5. The molecule has 0 unspecified atom stereocenters. The first-order valence-corrected chi connectivity index (χ1v) is 7.88. The second kappa shape index (κ2) is 7.49. The Balaban J connectivity index is 1.56. The molecule has 134 valence electrons. The third-order valence-electron chi connectivity index (χ3n) is 3.57. The molecule has 1 aliphatic rings. The molecule has 25 heavy (non-hydrogen) atoms. The van der Waals surface area contributed by atoms with Crippen molar-refractivity contribution in [2.75, 3.05) is 18.2 Å². The molecule has 5 nitrogen and oxygen atoms in total. The van der Waals surface area contributed by atoms with Crippen LogP contribution in [0.3, 0.4) is 0 Å². The summed E-state index contributed by atoms with van der Waals surface area (Å²) in [5.74, 6) is 0.614. The Kier molecular flexibility index (Phi) is 5.33. The minimum absolute atomic E-state index is 0.188. The number of benzene rings is 2. The van der Waals surface area contributed by atoms with Gasteiger partial charge in [0.25, 0.3) is 0 Å². The highest BCUT2D eigenvalue weighted by Crippen LogP contribution is 2.29. The Bertz CT molecular complexity index is 694. The van der Waals surface area contributed by atoms with Gasteiger partial charge in [0.2, 0.25) is 0 Å². The molecule has 1 fully saturated rings. The number of hydrogen-bond donors (Lipinski definition) is 2. The van der Waals surface area contributed by atoms with E-state index in [0.29, 0.717) is 24.4 Å². The van der Waals surface area contributed by atoms with Crippen molar-refractivity contribution in [2.45, 2.75) is 12.8 Å². The summed E-state index contributed by atoms with van der Waals surface area (Å²) >= 11 is 5.89. The molecule has 0 amide bonds. The lowest BCUT2D eigenvalue weighted by molar-refractivity contribution is -0.137. The van der Waals surface area contributed by atoms with E-state index in [1.165, 1.54) is 16.7 Å². The lowest BCUT2D eigenvalue weighted by Gasteiger charge is -2.34. The normalized spacial score (nSPS) is 16.1. The number of anilines is 1. The van der Waals surface area contributed by atoms with Crippen LogP contribution in [0.15, 0.2) is 48.5 Å². The smallest absolute Gasteiger partial charge is 0.416 e. The van der Waals surface area contributed by atoms with E-state index >= 15 is 0 Å². The molecule has 0 spiro atoms. The second-order valence-corrected chi connectivity index (χ2v) is 5.81. The van der Waals surface area contributed by atoms with Crippen LogP contribution in [-0.4, -0.2) is 17.6 Å². The highest BCUT2D eigenvalue weighted by molar-refractivity contribution is 6.13. The van der Waals surface area contributed by atoms with Crippen molar-refractivity contribution < 1.29 is 17.9 Å². The largest absolute Gasteiger partial charge is 0.489 e. The Labute approximate surface area is 147 Å². The summed E-state index contributed by atoms with van der Waals surface area (Å²) in [5, 5.41) is 1.68. The van der Waals surface area contributed by atoms with E-state index in [0.717, 1.165) is 17.8 Å². The van der Waals surface area contributed by atoms with Crippen molar-refractivity contribution in [2.24, 2.45) is 0 Å². The van der Waals surface area contributed by atoms with E-state index < -0.39 is 11.7 Å². The zero-order valence-corrected chi connectivity index (χ0v) is 13.8. The summed E-state index contributed by atoms with van der Waals surface area (Å²) in [6, 6.07) is 12.1. The van der Waals surface area contributed by atoms with Gasteiger partial charge in [0.05, 0.1) is 11.3 Å². The summed E-state index contributed by atoms with van der Waals surface area (Å²) < 4.78 is 44.6. The van der Waals surface area contributed by atoms with Gasteiger partial charge in [0.15, 0.2) is 0 Å². The van der Waals surface area contributed by atoms with Gasteiger partial charge in [-0.2, -0.15) is 13.2 Å². The highest BCUT2D eigenvalue weighted by Gasteiger charge is 2.29. The van der Waals surface area contributed by atoms with Gasteiger partial charge >= 0.3 is 6.18 Å². The Hall–Kier alpha value is -2.00. The van der Waals surface area contributed by atoms with Crippen molar-refractivity contribution in [1.29, 1.82) is 0 Å². The average Bonchev–Trinajstić information content (AvgIpc) is 2.60. The van der Waals surface area contributed by atoms with Gasteiger partial charge in [-0.3, -0.25) is 0 Å². The molecule has 1 aliphatic heterocycles. The van der Waals surface area contributed by atoms with E-state index in [1.807, 2.05) is 12.1 Å². The molecular weight excluding hydrogens is 357 g/mol. The van der Waals surface area contributed by atoms with Crippen LogP contribution in [-0.2, 0) is 12.8 Å². The van der Waals surface area contributed by atoms with Crippen LogP contribution in [0, 0.1) is 0 Å². The molecule has 0 radical (unpaired) electrons. The number of ether oxygens (including phenoxy) is 1. The van der Waals surface area contributed by atoms with E-state index in [4.69, 9.17) is 16.5 Å². The Morgan fingerprint density at radius 2 is 1.72 bits per heavy atom. The molecule has 0 saturated carbocycles. The number of rotatable bonds is 4. The summed E-state index contributed by atoms with van der Waals surface area (Å²) in [4.78, 5) is 0. The SMILES string of the molecule is FC(F)(F)c1ccc(COc2ccc(N3NCCN(Cl)N3)cc2)cc1. The standard InChI is InChI=1S/C16H16ClF3N4O/c17-23-10-9-21-24(22-23)14-5-7-15(8-6-14)25-11-12-1-3-13(4-2-12)16(18,19)20/h1-8,21-22H,9-11H2.